The zero-order chi connectivity index (χ0) is 13.1. The second kappa shape index (κ2) is 4.75. The molecule has 0 radical (unpaired) electrons. The van der Waals surface area contributed by atoms with Crippen LogP contribution in [0.15, 0.2) is 34.9 Å². The Bertz CT molecular complexity index is 587. The Morgan fingerprint density at radius 1 is 1.44 bits per heavy atom. The zero-order valence-electron chi connectivity index (χ0n) is 9.67. The van der Waals surface area contributed by atoms with Crippen LogP contribution in [0.3, 0.4) is 0 Å². The third kappa shape index (κ3) is 1.98. The van der Waals surface area contributed by atoms with Crippen LogP contribution in [0.4, 0.5) is 5.69 Å². The van der Waals surface area contributed by atoms with Gasteiger partial charge >= 0.3 is 5.97 Å². The van der Waals surface area contributed by atoms with Gasteiger partial charge in [0.05, 0.1) is 24.6 Å². The summed E-state index contributed by atoms with van der Waals surface area (Å²) < 4.78 is 9.84. The lowest BCUT2D eigenvalue weighted by Crippen LogP contribution is -2.05. The topological polar surface area (TPSA) is 82.5 Å². The first kappa shape index (κ1) is 11.9. The third-order valence-corrected chi connectivity index (χ3v) is 2.55. The lowest BCUT2D eigenvalue weighted by Gasteiger charge is -2.08. The molecule has 0 aliphatic rings. The van der Waals surface area contributed by atoms with E-state index in [4.69, 9.17) is 10.2 Å². The molecule has 92 valence electrons. The molecular weight excluding hydrogens is 234 g/mol. The van der Waals surface area contributed by atoms with E-state index in [1.165, 1.54) is 25.5 Å². The van der Waals surface area contributed by atoms with Gasteiger partial charge in [-0.2, -0.15) is 0 Å². The molecular formula is C13H11NO4. The molecule has 5 heteroatoms. The van der Waals surface area contributed by atoms with Crippen molar-refractivity contribution in [2.24, 2.45) is 0 Å². The van der Waals surface area contributed by atoms with Crippen LogP contribution in [0.2, 0.25) is 0 Å². The number of benzene rings is 1. The Hall–Kier alpha value is -2.56. The molecule has 5 nitrogen and oxygen atoms in total. The van der Waals surface area contributed by atoms with Crippen LogP contribution in [0.1, 0.15) is 20.7 Å². The first-order valence-electron chi connectivity index (χ1n) is 5.18. The molecule has 1 aromatic carbocycles. The number of hydrogen-bond acceptors (Lipinski definition) is 5. The second-order valence-corrected chi connectivity index (χ2v) is 3.61. The van der Waals surface area contributed by atoms with Gasteiger partial charge in [-0.25, -0.2) is 4.79 Å². The van der Waals surface area contributed by atoms with Crippen LogP contribution in [-0.2, 0) is 4.74 Å². The number of carbonyl (C=O) groups is 2. The predicted octanol–water partition coefficient (Wildman–Crippen LogP) is 2.13. The number of methoxy groups -OCH3 is 1. The number of esters is 1. The smallest absolute Gasteiger partial charge is 0.337 e. The zero-order valence-corrected chi connectivity index (χ0v) is 9.67. The lowest BCUT2D eigenvalue weighted by atomic mass is 10.0. The maximum absolute atomic E-state index is 11.5. The summed E-state index contributed by atoms with van der Waals surface area (Å²) in [6.07, 6.45) is 2.08. The van der Waals surface area contributed by atoms with E-state index < -0.39 is 5.97 Å². The summed E-state index contributed by atoms with van der Waals surface area (Å²) in [5, 5.41) is 0. The van der Waals surface area contributed by atoms with Crippen molar-refractivity contribution < 1.29 is 18.7 Å². The van der Waals surface area contributed by atoms with E-state index in [9.17, 15) is 9.59 Å². The Labute approximate surface area is 103 Å². The number of ether oxygens (including phenoxy) is 1. The molecule has 0 atom stereocenters. The number of furan rings is 1. The van der Waals surface area contributed by atoms with Gasteiger partial charge in [-0.05, 0) is 24.3 Å². The van der Waals surface area contributed by atoms with Crippen molar-refractivity contribution in [2.45, 2.75) is 0 Å². The first-order valence-corrected chi connectivity index (χ1v) is 5.18. The molecule has 0 saturated heterocycles. The van der Waals surface area contributed by atoms with Crippen LogP contribution in [-0.4, -0.2) is 19.4 Å². The highest BCUT2D eigenvalue weighted by Gasteiger charge is 2.15. The minimum absolute atomic E-state index is 0.226. The fraction of sp³-hybridized carbons (Fsp3) is 0.0769. The van der Waals surface area contributed by atoms with E-state index in [-0.39, 0.29) is 16.8 Å². The van der Waals surface area contributed by atoms with Crippen LogP contribution in [0.5, 0.6) is 0 Å². The molecule has 1 aromatic heterocycles. The number of nitrogens with two attached hydrogens (primary N) is 1. The van der Waals surface area contributed by atoms with E-state index in [1.807, 2.05) is 0 Å². The largest absolute Gasteiger partial charge is 0.465 e. The van der Waals surface area contributed by atoms with Crippen molar-refractivity contribution in [3.8, 4) is 11.3 Å². The van der Waals surface area contributed by atoms with Crippen LogP contribution >= 0.6 is 0 Å². The maximum Gasteiger partial charge on any atom is 0.337 e. The molecule has 0 amide bonds. The quantitative estimate of drug-likeness (QED) is 0.508. The fourth-order valence-electron chi connectivity index (χ4n) is 1.64. The van der Waals surface area contributed by atoms with Gasteiger partial charge in [-0.1, -0.05) is 0 Å². The molecule has 18 heavy (non-hydrogen) atoms. The van der Waals surface area contributed by atoms with Crippen molar-refractivity contribution in [3.63, 3.8) is 0 Å². The monoisotopic (exact) mass is 245 g/mol. The molecule has 0 bridgehead atoms. The minimum atomic E-state index is -0.536. The molecule has 2 N–H and O–H groups in total. The van der Waals surface area contributed by atoms with E-state index in [0.29, 0.717) is 17.6 Å². The van der Waals surface area contributed by atoms with Crippen molar-refractivity contribution in [3.05, 3.63) is 41.7 Å². The average Bonchev–Trinajstić information content (AvgIpc) is 2.92. The molecule has 0 spiro atoms. The summed E-state index contributed by atoms with van der Waals surface area (Å²) in [6.45, 7) is 0. The lowest BCUT2D eigenvalue weighted by molar-refractivity contribution is 0.0601. The number of carbonyl (C=O) groups excluding carboxylic acids is 2. The molecule has 1 heterocycles. The Morgan fingerprint density at radius 3 is 2.78 bits per heavy atom. The van der Waals surface area contributed by atoms with Crippen molar-refractivity contribution in [1.82, 2.24) is 0 Å². The number of rotatable bonds is 3. The number of aldehydes is 1. The van der Waals surface area contributed by atoms with Gasteiger partial charge in [0.15, 0.2) is 6.29 Å². The van der Waals surface area contributed by atoms with Crippen molar-refractivity contribution in [1.29, 1.82) is 0 Å². The predicted molar refractivity (Wildman–Crippen MR) is 65.3 cm³/mol. The third-order valence-electron chi connectivity index (χ3n) is 2.55. The first-order chi connectivity index (χ1) is 8.67. The highest BCUT2D eigenvalue weighted by Crippen LogP contribution is 2.30. The molecule has 0 unspecified atom stereocenters. The van der Waals surface area contributed by atoms with Crippen LogP contribution < -0.4 is 5.73 Å². The second-order valence-electron chi connectivity index (χ2n) is 3.61. The van der Waals surface area contributed by atoms with Gasteiger partial charge in [0.1, 0.15) is 5.76 Å². The summed E-state index contributed by atoms with van der Waals surface area (Å²) in [6, 6.07) is 6.31. The standard InChI is InChI=1S/C13H11NO4/c1-17-13(16)8-5-9(7-15)12(14)10(6-8)11-3-2-4-18-11/h2-7H,14H2,1H3. The summed E-state index contributed by atoms with van der Waals surface area (Å²) >= 11 is 0. The minimum Gasteiger partial charge on any atom is -0.465 e. The average molecular weight is 245 g/mol. The van der Waals surface area contributed by atoms with E-state index >= 15 is 0 Å². The van der Waals surface area contributed by atoms with Gasteiger partial charge in [0, 0.05) is 11.1 Å². The summed E-state index contributed by atoms with van der Waals surface area (Å²) in [7, 11) is 1.27. The van der Waals surface area contributed by atoms with E-state index in [1.54, 1.807) is 12.1 Å². The van der Waals surface area contributed by atoms with Crippen molar-refractivity contribution >= 4 is 17.9 Å². The molecule has 2 aromatic rings. The van der Waals surface area contributed by atoms with E-state index in [0.717, 1.165) is 0 Å². The van der Waals surface area contributed by atoms with Gasteiger partial charge < -0.3 is 14.9 Å². The van der Waals surface area contributed by atoms with Gasteiger partial charge in [0.2, 0.25) is 0 Å². The highest BCUT2D eigenvalue weighted by molar-refractivity contribution is 5.98. The molecule has 2 rings (SSSR count). The van der Waals surface area contributed by atoms with Crippen LogP contribution in [0.25, 0.3) is 11.3 Å². The number of hydrogen-bond donors (Lipinski definition) is 1. The SMILES string of the molecule is COC(=O)c1cc(C=O)c(N)c(-c2ccco2)c1. The molecule has 0 fully saturated rings. The van der Waals surface area contributed by atoms with Gasteiger partial charge in [-0.3, -0.25) is 4.79 Å². The molecule has 0 aliphatic carbocycles. The maximum atomic E-state index is 11.5. The number of anilines is 1. The van der Waals surface area contributed by atoms with Gasteiger partial charge in [0.25, 0.3) is 0 Å². The number of nitrogen functional groups attached to an aromatic ring is 1. The van der Waals surface area contributed by atoms with Crippen LogP contribution in [0, 0.1) is 0 Å². The van der Waals surface area contributed by atoms with Gasteiger partial charge in [-0.15, -0.1) is 0 Å². The molecule has 0 aliphatic heterocycles. The summed E-state index contributed by atoms with van der Waals surface area (Å²) in [5.74, 6) is -0.0488. The highest BCUT2D eigenvalue weighted by atomic mass is 16.5. The summed E-state index contributed by atoms with van der Waals surface area (Å²) in [5.41, 5.74) is 7.09. The molecule has 0 saturated carbocycles. The Morgan fingerprint density at radius 2 is 2.22 bits per heavy atom. The van der Waals surface area contributed by atoms with E-state index in [2.05, 4.69) is 4.74 Å². The Balaban J connectivity index is 2.65. The van der Waals surface area contributed by atoms with Crippen molar-refractivity contribution in [2.75, 3.05) is 12.8 Å². The fourth-order valence-corrected chi connectivity index (χ4v) is 1.64. The normalized spacial score (nSPS) is 10.1. The summed E-state index contributed by atoms with van der Waals surface area (Å²) in [4.78, 5) is 22.5. The Kier molecular flexibility index (Phi) is 3.14.